The van der Waals surface area contributed by atoms with Crippen LogP contribution in [0.15, 0.2) is 48.1 Å². The number of aliphatic hydroxyl groups is 1. The van der Waals surface area contributed by atoms with Crippen molar-refractivity contribution in [2.75, 3.05) is 6.61 Å². The molecule has 0 radical (unpaired) electrons. The highest BCUT2D eigenvalue weighted by Gasteiger charge is 2.69. The number of allylic oxidation sites excluding steroid dienone is 5. The molecule has 0 bridgehead atoms. The average molecular weight is 386 g/mol. The Morgan fingerprint density at radius 1 is 1.21 bits per heavy atom. The minimum Gasteiger partial charge on any atom is -0.459 e. The van der Waals surface area contributed by atoms with E-state index in [9.17, 15) is 14.7 Å². The summed E-state index contributed by atoms with van der Waals surface area (Å²) in [6.07, 6.45) is 14.1. The Balaban J connectivity index is 1.93. The number of fused-ring (bicyclic) bond motifs is 3. The number of hydrogen-bond acceptors (Lipinski definition) is 5. The van der Waals surface area contributed by atoms with Crippen molar-refractivity contribution in [1.29, 1.82) is 0 Å². The molecule has 1 aliphatic heterocycles. The van der Waals surface area contributed by atoms with Crippen LogP contribution in [0.25, 0.3) is 0 Å². The van der Waals surface area contributed by atoms with Crippen molar-refractivity contribution in [2.45, 2.75) is 58.7 Å². The normalized spacial score (nSPS) is 37.0. The number of carbonyl (C=O) groups excluding carboxylic acids is 2. The predicted molar refractivity (Wildman–Crippen MR) is 106 cm³/mol. The molecule has 3 rings (SSSR count). The van der Waals surface area contributed by atoms with Crippen LogP contribution < -0.4 is 0 Å². The molecule has 5 heteroatoms. The highest BCUT2D eigenvalue weighted by atomic mass is 16.6. The standard InChI is InChI=1S/C23H30O5/c1-5-6-7-8-9-11-18(24)28-17-14-16-15-27-20(25)23(16,26)22(4)13-10-12-21(2,3)19(17)22/h5-9,11,14,17,19,26H,10,12-13,15H2,1-4H3/b6-5+,8-7+,11-9-/t17-,19+,22+,23+/m1/s1. The summed E-state index contributed by atoms with van der Waals surface area (Å²) in [7, 11) is 0. The number of rotatable bonds is 4. The van der Waals surface area contributed by atoms with Crippen molar-refractivity contribution < 1.29 is 24.2 Å². The summed E-state index contributed by atoms with van der Waals surface area (Å²) < 4.78 is 11.0. The number of cyclic esters (lactones) is 1. The van der Waals surface area contributed by atoms with E-state index < -0.39 is 29.1 Å². The van der Waals surface area contributed by atoms with Crippen molar-refractivity contribution in [3.8, 4) is 0 Å². The summed E-state index contributed by atoms with van der Waals surface area (Å²) in [5.41, 5.74) is -2.06. The van der Waals surface area contributed by atoms with E-state index in [2.05, 4.69) is 13.8 Å². The van der Waals surface area contributed by atoms with Crippen LogP contribution in [0, 0.1) is 16.7 Å². The van der Waals surface area contributed by atoms with Crippen LogP contribution >= 0.6 is 0 Å². The predicted octanol–water partition coefficient (Wildman–Crippen LogP) is 3.65. The molecule has 1 N–H and O–H groups in total. The molecule has 2 aliphatic carbocycles. The summed E-state index contributed by atoms with van der Waals surface area (Å²) in [5, 5.41) is 11.4. The molecule has 0 spiro atoms. The summed E-state index contributed by atoms with van der Waals surface area (Å²) in [6.45, 7) is 8.14. The fourth-order valence-corrected chi connectivity index (χ4v) is 5.49. The molecule has 2 fully saturated rings. The third kappa shape index (κ3) is 3.16. The molecule has 1 saturated heterocycles. The second-order valence-corrected chi connectivity index (χ2v) is 8.89. The monoisotopic (exact) mass is 386 g/mol. The van der Waals surface area contributed by atoms with Gasteiger partial charge in [-0.15, -0.1) is 0 Å². The van der Waals surface area contributed by atoms with Crippen LogP contribution in [-0.4, -0.2) is 35.4 Å². The highest BCUT2D eigenvalue weighted by molar-refractivity contribution is 5.88. The van der Waals surface area contributed by atoms with Gasteiger partial charge in [0.1, 0.15) is 12.7 Å². The Morgan fingerprint density at radius 3 is 2.64 bits per heavy atom. The lowest BCUT2D eigenvalue weighted by molar-refractivity contribution is -0.194. The molecule has 0 aromatic carbocycles. The summed E-state index contributed by atoms with van der Waals surface area (Å²) >= 11 is 0. The number of esters is 2. The Kier molecular flexibility index (Phi) is 5.41. The zero-order chi connectivity index (χ0) is 20.6. The maximum atomic E-state index is 12.5. The Bertz CT molecular complexity index is 772. The largest absolute Gasteiger partial charge is 0.459 e. The van der Waals surface area contributed by atoms with Gasteiger partial charge in [0.2, 0.25) is 0 Å². The average Bonchev–Trinajstić information content (AvgIpc) is 2.90. The Hall–Kier alpha value is -2.14. The van der Waals surface area contributed by atoms with Gasteiger partial charge in [0.05, 0.1) is 0 Å². The van der Waals surface area contributed by atoms with Crippen molar-refractivity contribution in [3.05, 3.63) is 48.1 Å². The topological polar surface area (TPSA) is 72.8 Å². The van der Waals surface area contributed by atoms with E-state index >= 15 is 0 Å². The van der Waals surface area contributed by atoms with Gasteiger partial charge < -0.3 is 14.6 Å². The first-order valence-electron chi connectivity index (χ1n) is 9.94. The maximum Gasteiger partial charge on any atom is 0.343 e. The number of carbonyl (C=O) groups is 2. The van der Waals surface area contributed by atoms with Crippen LogP contribution in [0.3, 0.4) is 0 Å². The van der Waals surface area contributed by atoms with Gasteiger partial charge in [0, 0.05) is 23.0 Å². The molecule has 0 unspecified atom stereocenters. The fourth-order valence-electron chi connectivity index (χ4n) is 5.49. The minimum atomic E-state index is -1.64. The number of hydrogen-bond donors (Lipinski definition) is 1. The quantitative estimate of drug-likeness (QED) is 0.346. The van der Waals surface area contributed by atoms with Gasteiger partial charge in [-0.05, 0) is 31.3 Å². The van der Waals surface area contributed by atoms with E-state index in [1.807, 2.05) is 32.1 Å². The van der Waals surface area contributed by atoms with Gasteiger partial charge >= 0.3 is 11.9 Å². The molecular formula is C23H30O5. The SMILES string of the molecule is C/C=C/C=C/C=C\C(=O)O[C@@H]1C=C2COC(=O)[C@]2(O)[C@@]2(C)CCCC(C)(C)[C@H]12. The summed E-state index contributed by atoms with van der Waals surface area (Å²) in [5.74, 6) is -1.21. The third-order valence-corrected chi connectivity index (χ3v) is 6.70. The van der Waals surface area contributed by atoms with Crippen molar-refractivity contribution in [1.82, 2.24) is 0 Å². The van der Waals surface area contributed by atoms with Gasteiger partial charge in [-0.25, -0.2) is 9.59 Å². The Labute approximate surface area is 166 Å². The molecule has 152 valence electrons. The third-order valence-electron chi connectivity index (χ3n) is 6.70. The second-order valence-electron chi connectivity index (χ2n) is 8.89. The van der Waals surface area contributed by atoms with E-state index in [0.29, 0.717) is 12.0 Å². The zero-order valence-corrected chi connectivity index (χ0v) is 17.1. The van der Waals surface area contributed by atoms with E-state index in [-0.39, 0.29) is 17.9 Å². The van der Waals surface area contributed by atoms with Crippen LogP contribution in [0.5, 0.6) is 0 Å². The summed E-state index contributed by atoms with van der Waals surface area (Å²) in [6, 6.07) is 0. The van der Waals surface area contributed by atoms with Gasteiger partial charge in [-0.2, -0.15) is 0 Å². The molecular weight excluding hydrogens is 356 g/mol. The zero-order valence-electron chi connectivity index (χ0n) is 17.1. The molecule has 5 nitrogen and oxygen atoms in total. The Morgan fingerprint density at radius 2 is 1.93 bits per heavy atom. The van der Waals surface area contributed by atoms with E-state index in [1.165, 1.54) is 6.08 Å². The first-order chi connectivity index (χ1) is 13.2. The molecule has 0 aromatic rings. The lowest BCUT2D eigenvalue weighted by Gasteiger charge is -2.59. The maximum absolute atomic E-state index is 12.5. The van der Waals surface area contributed by atoms with Crippen molar-refractivity contribution >= 4 is 11.9 Å². The van der Waals surface area contributed by atoms with Crippen molar-refractivity contribution in [2.24, 2.45) is 16.7 Å². The van der Waals surface area contributed by atoms with Crippen molar-refractivity contribution in [3.63, 3.8) is 0 Å². The summed E-state index contributed by atoms with van der Waals surface area (Å²) in [4.78, 5) is 24.9. The minimum absolute atomic E-state index is 0.0497. The smallest absolute Gasteiger partial charge is 0.343 e. The highest BCUT2D eigenvalue weighted by Crippen LogP contribution is 2.63. The fraction of sp³-hybridized carbons (Fsp3) is 0.565. The molecule has 0 amide bonds. The molecule has 0 aromatic heterocycles. The lowest BCUT2D eigenvalue weighted by atomic mass is 9.46. The molecule has 28 heavy (non-hydrogen) atoms. The lowest BCUT2D eigenvalue weighted by Crippen LogP contribution is -2.65. The second kappa shape index (κ2) is 7.36. The van der Waals surface area contributed by atoms with E-state index in [0.717, 1.165) is 12.8 Å². The van der Waals surface area contributed by atoms with Crippen LogP contribution in [0.2, 0.25) is 0 Å². The number of ether oxygens (including phenoxy) is 2. The van der Waals surface area contributed by atoms with Crippen LogP contribution in [0.4, 0.5) is 0 Å². The molecule has 4 atom stereocenters. The van der Waals surface area contributed by atoms with E-state index in [1.54, 1.807) is 18.2 Å². The van der Waals surface area contributed by atoms with Crippen LogP contribution in [-0.2, 0) is 19.1 Å². The molecule has 1 heterocycles. The van der Waals surface area contributed by atoms with Gasteiger partial charge in [-0.3, -0.25) is 0 Å². The molecule has 3 aliphatic rings. The van der Waals surface area contributed by atoms with E-state index in [4.69, 9.17) is 9.47 Å². The van der Waals surface area contributed by atoms with Crippen LogP contribution in [0.1, 0.15) is 47.0 Å². The first-order valence-corrected chi connectivity index (χ1v) is 9.94. The first kappa shape index (κ1) is 20.6. The van der Waals surface area contributed by atoms with Gasteiger partial charge in [0.25, 0.3) is 0 Å². The van der Waals surface area contributed by atoms with Gasteiger partial charge in [0.15, 0.2) is 5.60 Å². The van der Waals surface area contributed by atoms with Gasteiger partial charge in [-0.1, -0.05) is 57.6 Å². The molecule has 1 saturated carbocycles.